The fourth-order valence-electron chi connectivity index (χ4n) is 3.59. The Bertz CT molecular complexity index is 517. The van der Waals surface area contributed by atoms with Gasteiger partial charge >= 0.3 is 5.97 Å². The number of anilines is 1. The summed E-state index contributed by atoms with van der Waals surface area (Å²) < 4.78 is 0. The Hall–Kier alpha value is -1.55. The second kappa shape index (κ2) is 5.09. The molecule has 0 aliphatic carbocycles. The van der Waals surface area contributed by atoms with Gasteiger partial charge in [0.2, 0.25) is 0 Å². The second-order valence-corrected chi connectivity index (χ2v) is 6.11. The zero-order valence-electron chi connectivity index (χ0n) is 11.9. The summed E-state index contributed by atoms with van der Waals surface area (Å²) in [5, 5.41) is 13.1. The molecule has 0 amide bonds. The third-order valence-corrected chi connectivity index (χ3v) is 4.84. The second-order valence-electron chi connectivity index (χ2n) is 6.11. The van der Waals surface area contributed by atoms with E-state index in [0.717, 1.165) is 30.8 Å². The highest BCUT2D eigenvalue weighted by Gasteiger charge is 2.46. The predicted molar refractivity (Wildman–Crippen MR) is 79.0 cm³/mol. The molecular formula is C16H22N2O2. The van der Waals surface area contributed by atoms with Crippen molar-refractivity contribution in [3.63, 3.8) is 0 Å². The van der Waals surface area contributed by atoms with Gasteiger partial charge in [-0.25, -0.2) is 4.79 Å². The number of fused-ring (bicyclic) bond motifs is 1. The van der Waals surface area contributed by atoms with Gasteiger partial charge in [-0.3, -0.25) is 0 Å². The highest BCUT2D eigenvalue weighted by atomic mass is 16.4. The monoisotopic (exact) mass is 274 g/mol. The van der Waals surface area contributed by atoms with E-state index in [0.29, 0.717) is 18.9 Å². The molecule has 2 saturated heterocycles. The van der Waals surface area contributed by atoms with Crippen LogP contribution in [-0.4, -0.2) is 40.6 Å². The van der Waals surface area contributed by atoms with Crippen LogP contribution in [0.15, 0.2) is 24.3 Å². The van der Waals surface area contributed by atoms with Gasteiger partial charge in [-0.15, -0.1) is 0 Å². The number of hydrogen-bond acceptors (Lipinski definition) is 3. The fraction of sp³-hybridized carbons (Fsp3) is 0.562. The summed E-state index contributed by atoms with van der Waals surface area (Å²) in [6.45, 7) is 4.03. The number of para-hydroxylation sites is 1. The van der Waals surface area contributed by atoms with Crippen molar-refractivity contribution in [2.75, 3.05) is 18.4 Å². The van der Waals surface area contributed by atoms with E-state index in [1.807, 2.05) is 31.2 Å². The molecule has 2 heterocycles. The molecule has 2 atom stereocenters. The standard InChI is InChI=1S/C16H22N2O2/c1-12-5-2-3-7-14(12)17-16(15(19)20)8-10-18-9-4-6-13(18)11-16/h2-3,5,7,13,17H,4,6,8-11H2,1H3,(H,19,20). The van der Waals surface area contributed by atoms with Crippen molar-refractivity contribution in [2.45, 2.75) is 44.2 Å². The van der Waals surface area contributed by atoms with Gasteiger partial charge in [0.25, 0.3) is 0 Å². The lowest BCUT2D eigenvalue weighted by Gasteiger charge is -2.42. The molecule has 108 valence electrons. The van der Waals surface area contributed by atoms with E-state index in [-0.39, 0.29) is 0 Å². The zero-order chi connectivity index (χ0) is 14.2. The molecule has 4 nitrogen and oxygen atoms in total. The van der Waals surface area contributed by atoms with Crippen molar-refractivity contribution in [1.29, 1.82) is 0 Å². The van der Waals surface area contributed by atoms with Crippen molar-refractivity contribution in [3.05, 3.63) is 29.8 Å². The Labute approximate surface area is 119 Å². The van der Waals surface area contributed by atoms with Crippen molar-refractivity contribution in [2.24, 2.45) is 0 Å². The largest absolute Gasteiger partial charge is 0.480 e. The molecule has 0 aromatic heterocycles. The van der Waals surface area contributed by atoms with E-state index < -0.39 is 11.5 Å². The maximum Gasteiger partial charge on any atom is 0.329 e. The Morgan fingerprint density at radius 1 is 1.40 bits per heavy atom. The van der Waals surface area contributed by atoms with Crippen LogP contribution in [0, 0.1) is 6.92 Å². The molecule has 0 spiro atoms. The summed E-state index contributed by atoms with van der Waals surface area (Å²) in [7, 11) is 0. The molecule has 2 N–H and O–H groups in total. The maximum atomic E-state index is 11.9. The lowest BCUT2D eigenvalue weighted by molar-refractivity contribution is -0.144. The van der Waals surface area contributed by atoms with Crippen LogP contribution in [0.1, 0.15) is 31.2 Å². The number of hydrogen-bond donors (Lipinski definition) is 2. The number of rotatable bonds is 3. The Balaban J connectivity index is 1.85. The van der Waals surface area contributed by atoms with Gasteiger partial charge in [0.1, 0.15) is 5.54 Å². The molecule has 0 radical (unpaired) electrons. The topological polar surface area (TPSA) is 52.6 Å². The van der Waals surface area contributed by atoms with E-state index in [2.05, 4.69) is 10.2 Å². The molecule has 2 unspecified atom stereocenters. The summed E-state index contributed by atoms with van der Waals surface area (Å²) >= 11 is 0. The lowest BCUT2D eigenvalue weighted by atomic mass is 9.82. The maximum absolute atomic E-state index is 11.9. The van der Waals surface area contributed by atoms with Crippen LogP contribution < -0.4 is 5.32 Å². The van der Waals surface area contributed by atoms with Gasteiger partial charge in [0.15, 0.2) is 0 Å². The number of carboxylic acid groups (broad SMARTS) is 1. The molecule has 2 aliphatic rings. The number of aliphatic carboxylic acids is 1. The lowest BCUT2D eigenvalue weighted by Crippen LogP contribution is -2.56. The number of carboxylic acids is 1. The van der Waals surface area contributed by atoms with Crippen LogP contribution in [0.25, 0.3) is 0 Å². The van der Waals surface area contributed by atoms with Crippen LogP contribution in [-0.2, 0) is 4.79 Å². The van der Waals surface area contributed by atoms with Crippen LogP contribution >= 0.6 is 0 Å². The van der Waals surface area contributed by atoms with E-state index in [4.69, 9.17) is 0 Å². The molecule has 0 saturated carbocycles. The van der Waals surface area contributed by atoms with E-state index >= 15 is 0 Å². The molecule has 1 aromatic rings. The third kappa shape index (κ3) is 2.29. The van der Waals surface area contributed by atoms with Crippen molar-refractivity contribution in [1.82, 2.24) is 4.90 Å². The molecule has 4 heteroatoms. The molecule has 20 heavy (non-hydrogen) atoms. The Kier molecular flexibility index (Phi) is 3.42. The van der Waals surface area contributed by atoms with Gasteiger partial charge in [0.05, 0.1) is 0 Å². The smallest absolute Gasteiger partial charge is 0.329 e. The molecule has 1 aromatic carbocycles. The Morgan fingerprint density at radius 2 is 2.20 bits per heavy atom. The first kappa shape index (κ1) is 13.4. The van der Waals surface area contributed by atoms with Gasteiger partial charge in [-0.2, -0.15) is 0 Å². The molecular weight excluding hydrogens is 252 g/mol. The SMILES string of the molecule is Cc1ccccc1NC1(C(=O)O)CCN2CCCC2C1. The minimum absolute atomic E-state index is 0.427. The average molecular weight is 274 g/mol. The first-order valence-electron chi connectivity index (χ1n) is 7.42. The summed E-state index contributed by atoms with van der Waals surface area (Å²) in [6, 6.07) is 8.35. The quantitative estimate of drug-likeness (QED) is 0.889. The first-order chi connectivity index (χ1) is 9.61. The van der Waals surface area contributed by atoms with Crippen LogP contribution in [0.3, 0.4) is 0 Å². The average Bonchev–Trinajstić information content (AvgIpc) is 2.88. The van der Waals surface area contributed by atoms with Crippen LogP contribution in [0.5, 0.6) is 0 Å². The van der Waals surface area contributed by atoms with Crippen molar-refractivity contribution >= 4 is 11.7 Å². The Morgan fingerprint density at radius 3 is 2.95 bits per heavy atom. The molecule has 0 bridgehead atoms. The summed E-state index contributed by atoms with van der Waals surface area (Å²) in [5.74, 6) is -0.715. The van der Waals surface area contributed by atoms with Gasteiger partial charge in [0, 0.05) is 18.3 Å². The molecule has 2 aliphatic heterocycles. The summed E-state index contributed by atoms with van der Waals surface area (Å²) in [5.41, 5.74) is 1.24. The minimum Gasteiger partial charge on any atom is -0.480 e. The van der Waals surface area contributed by atoms with Crippen LogP contribution in [0.4, 0.5) is 5.69 Å². The minimum atomic E-state index is -0.808. The summed E-state index contributed by atoms with van der Waals surface area (Å²) in [6.07, 6.45) is 3.71. The van der Waals surface area contributed by atoms with Gasteiger partial charge < -0.3 is 15.3 Å². The van der Waals surface area contributed by atoms with Crippen molar-refractivity contribution in [3.8, 4) is 0 Å². The number of piperidine rings is 1. The van der Waals surface area contributed by atoms with E-state index in [1.165, 1.54) is 6.42 Å². The highest BCUT2D eigenvalue weighted by Crippen LogP contribution is 2.36. The van der Waals surface area contributed by atoms with Gasteiger partial charge in [-0.1, -0.05) is 18.2 Å². The van der Waals surface area contributed by atoms with Crippen LogP contribution in [0.2, 0.25) is 0 Å². The number of aryl methyl sites for hydroxylation is 1. The number of benzene rings is 1. The van der Waals surface area contributed by atoms with Gasteiger partial charge in [-0.05, 0) is 50.8 Å². The van der Waals surface area contributed by atoms with E-state index in [9.17, 15) is 9.90 Å². The zero-order valence-corrected chi connectivity index (χ0v) is 11.9. The third-order valence-electron chi connectivity index (χ3n) is 4.84. The number of nitrogens with zero attached hydrogens (tertiary/aromatic N) is 1. The number of carbonyl (C=O) groups is 1. The molecule has 3 rings (SSSR count). The predicted octanol–water partition coefficient (Wildman–Crippen LogP) is 2.49. The summed E-state index contributed by atoms with van der Waals surface area (Å²) in [4.78, 5) is 14.3. The normalized spacial score (nSPS) is 29.9. The fourth-order valence-corrected chi connectivity index (χ4v) is 3.59. The number of nitrogens with one attached hydrogen (secondary N) is 1. The van der Waals surface area contributed by atoms with Crippen molar-refractivity contribution < 1.29 is 9.90 Å². The first-order valence-corrected chi connectivity index (χ1v) is 7.42. The highest BCUT2D eigenvalue weighted by molar-refractivity contribution is 5.83. The molecule has 2 fully saturated rings. The van der Waals surface area contributed by atoms with E-state index in [1.54, 1.807) is 0 Å².